The highest BCUT2D eigenvalue weighted by Crippen LogP contribution is 2.25. The van der Waals surface area contributed by atoms with Crippen LogP contribution in [0, 0.1) is 10.1 Å². The Labute approximate surface area is 189 Å². The Morgan fingerprint density at radius 2 is 1.79 bits per heavy atom. The second kappa shape index (κ2) is 10.3. The summed E-state index contributed by atoms with van der Waals surface area (Å²) in [6, 6.07) is 5.31. The molecule has 178 valence electrons. The molecule has 0 saturated carbocycles. The number of hydrogen-bond acceptors (Lipinski definition) is 9. The first kappa shape index (κ1) is 24.0. The van der Waals surface area contributed by atoms with Crippen LogP contribution in [-0.2, 0) is 18.8 Å². The van der Waals surface area contributed by atoms with E-state index in [1.165, 1.54) is 36.9 Å². The molecule has 1 saturated heterocycles. The van der Waals surface area contributed by atoms with Gasteiger partial charge in [0.1, 0.15) is 17.1 Å². The number of rotatable bonds is 8. The Morgan fingerprint density at radius 3 is 2.42 bits per heavy atom. The molecular weight excluding hydrogens is 434 g/mol. The lowest BCUT2D eigenvalue weighted by molar-refractivity contribution is -0.384. The molecule has 12 heteroatoms. The largest absolute Gasteiger partial charge is 0.493 e. The van der Waals surface area contributed by atoms with Crippen molar-refractivity contribution in [3.63, 3.8) is 0 Å². The molecule has 1 aliphatic rings. The van der Waals surface area contributed by atoms with Crippen molar-refractivity contribution >= 4 is 17.5 Å². The third-order valence-corrected chi connectivity index (χ3v) is 5.65. The minimum Gasteiger partial charge on any atom is -0.493 e. The Kier molecular flexibility index (Phi) is 7.48. The normalized spacial score (nSPS) is 14.2. The number of carbonyl (C=O) groups is 1. The van der Waals surface area contributed by atoms with Gasteiger partial charge < -0.3 is 14.4 Å². The zero-order valence-corrected chi connectivity index (χ0v) is 18.9. The van der Waals surface area contributed by atoms with Crippen molar-refractivity contribution in [3.8, 4) is 5.75 Å². The average molecular weight is 461 g/mol. The molecule has 0 radical (unpaired) electrons. The van der Waals surface area contributed by atoms with Crippen molar-refractivity contribution in [2.75, 3.05) is 51.3 Å². The van der Waals surface area contributed by atoms with Gasteiger partial charge in [0, 0.05) is 65.0 Å². The molecule has 0 unspecified atom stereocenters. The predicted octanol–water partition coefficient (Wildman–Crippen LogP) is 0.370. The highest BCUT2D eigenvalue weighted by molar-refractivity contribution is 5.93. The van der Waals surface area contributed by atoms with E-state index in [1.807, 2.05) is 4.90 Å². The number of anilines is 1. The fraction of sp³-hybridized carbons (Fsp3) is 0.476. The summed E-state index contributed by atoms with van der Waals surface area (Å²) in [6.45, 7) is 3.95. The van der Waals surface area contributed by atoms with Crippen molar-refractivity contribution in [2.45, 2.75) is 6.42 Å². The number of esters is 1. The SMILES string of the molecule is COC(=O)c1cc([N+](=O)[O-])ccc1OCCCN1CCN(c2cc(=O)n(C)c(=O)n2C)CC1. The first-order chi connectivity index (χ1) is 15.7. The summed E-state index contributed by atoms with van der Waals surface area (Å²) in [5, 5.41) is 11.0. The average Bonchev–Trinajstić information content (AvgIpc) is 2.82. The van der Waals surface area contributed by atoms with E-state index in [0.717, 1.165) is 30.3 Å². The number of carbonyl (C=O) groups excluding carboxylic acids is 1. The van der Waals surface area contributed by atoms with E-state index in [4.69, 9.17) is 9.47 Å². The predicted molar refractivity (Wildman–Crippen MR) is 120 cm³/mol. The van der Waals surface area contributed by atoms with Crippen LogP contribution in [-0.4, -0.2) is 71.4 Å². The van der Waals surface area contributed by atoms with Crippen LogP contribution in [0.4, 0.5) is 11.5 Å². The molecule has 33 heavy (non-hydrogen) atoms. The second-order valence-electron chi connectivity index (χ2n) is 7.70. The van der Waals surface area contributed by atoms with Crippen LogP contribution in [0.1, 0.15) is 16.8 Å². The minimum atomic E-state index is -0.699. The molecule has 0 N–H and O–H groups in total. The minimum absolute atomic E-state index is 0.0138. The van der Waals surface area contributed by atoms with Crippen molar-refractivity contribution in [3.05, 3.63) is 60.8 Å². The van der Waals surface area contributed by atoms with Crippen LogP contribution in [0.15, 0.2) is 33.9 Å². The summed E-state index contributed by atoms with van der Waals surface area (Å²) < 4.78 is 12.9. The monoisotopic (exact) mass is 461 g/mol. The van der Waals surface area contributed by atoms with E-state index in [1.54, 1.807) is 7.05 Å². The molecule has 1 aromatic heterocycles. The zero-order valence-electron chi connectivity index (χ0n) is 18.9. The highest BCUT2D eigenvalue weighted by Gasteiger charge is 2.21. The smallest absolute Gasteiger partial charge is 0.341 e. The van der Waals surface area contributed by atoms with Gasteiger partial charge in [-0.05, 0) is 12.5 Å². The van der Waals surface area contributed by atoms with Crippen LogP contribution in [0.25, 0.3) is 0 Å². The Morgan fingerprint density at radius 1 is 1.09 bits per heavy atom. The lowest BCUT2D eigenvalue weighted by atomic mass is 10.2. The molecule has 2 aromatic rings. The summed E-state index contributed by atoms with van der Waals surface area (Å²) >= 11 is 0. The molecule has 1 aliphatic heterocycles. The molecule has 0 atom stereocenters. The molecule has 2 heterocycles. The van der Waals surface area contributed by atoms with Gasteiger partial charge in [0.05, 0.1) is 18.6 Å². The number of nitrogens with zero attached hydrogens (tertiary/aromatic N) is 5. The second-order valence-corrected chi connectivity index (χ2v) is 7.70. The lowest BCUT2D eigenvalue weighted by Gasteiger charge is -2.36. The molecule has 1 aromatic carbocycles. The topological polar surface area (TPSA) is 129 Å². The third kappa shape index (κ3) is 5.40. The van der Waals surface area contributed by atoms with E-state index in [2.05, 4.69) is 4.90 Å². The summed E-state index contributed by atoms with van der Waals surface area (Å²) in [7, 11) is 4.32. The molecular formula is C21H27N5O7. The van der Waals surface area contributed by atoms with Crippen molar-refractivity contribution in [1.82, 2.24) is 14.0 Å². The fourth-order valence-corrected chi connectivity index (χ4v) is 3.72. The first-order valence-electron chi connectivity index (χ1n) is 10.5. The van der Waals surface area contributed by atoms with Crippen LogP contribution in [0.3, 0.4) is 0 Å². The van der Waals surface area contributed by atoms with Crippen molar-refractivity contribution in [1.29, 1.82) is 0 Å². The number of benzene rings is 1. The molecule has 1 fully saturated rings. The molecule has 0 spiro atoms. The van der Waals surface area contributed by atoms with Gasteiger partial charge in [0.15, 0.2) is 0 Å². The maximum absolute atomic E-state index is 12.2. The number of nitro groups is 1. The Bertz CT molecular complexity index is 1150. The third-order valence-electron chi connectivity index (χ3n) is 5.65. The van der Waals surface area contributed by atoms with Crippen LogP contribution in [0.5, 0.6) is 5.75 Å². The number of aromatic nitrogens is 2. The van der Waals surface area contributed by atoms with Gasteiger partial charge >= 0.3 is 11.7 Å². The standard InChI is InChI=1S/C21H27N5O7/c1-22-18(14-19(27)23(2)21(22)29)25-10-8-24(9-11-25)7-4-12-33-17-6-5-15(26(30)31)13-16(17)20(28)32-3/h5-6,13-14H,4,7-12H2,1-3H3. The maximum atomic E-state index is 12.2. The number of piperazine rings is 1. The van der Waals surface area contributed by atoms with Gasteiger partial charge in [0.25, 0.3) is 11.2 Å². The van der Waals surface area contributed by atoms with E-state index in [0.29, 0.717) is 31.9 Å². The maximum Gasteiger partial charge on any atom is 0.341 e. The van der Waals surface area contributed by atoms with Gasteiger partial charge in [-0.15, -0.1) is 0 Å². The van der Waals surface area contributed by atoms with Crippen molar-refractivity contribution in [2.24, 2.45) is 14.1 Å². The van der Waals surface area contributed by atoms with Crippen LogP contribution < -0.4 is 20.9 Å². The van der Waals surface area contributed by atoms with E-state index >= 15 is 0 Å². The number of non-ortho nitro benzene ring substituents is 1. The summed E-state index contributed by atoms with van der Waals surface area (Å²) in [5.41, 5.74) is -0.880. The van der Waals surface area contributed by atoms with E-state index < -0.39 is 10.9 Å². The molecule has 12 nitrogen and oxygen atoms in total. The van der Waals surface area contributed by atoms with Crippen LogP contribution in [0.2, 0.25) is 0 Å². The summed E-state index contributed by atoms with van der Waals surface area (Å²) in [6.07, 6.45) is 0.683. The first-order valence-corrected chi connectivity index (χ1v) is 10.5. The summed E-state index contributed by atoms with van der Waals surface area (Å²) in [5.74, 6) is 0.151. The van der Waals surface area contributed by atoms with Gasteiger partial charge in [0.2, 0.25) is 0 Å². The lowest BCUT2D eigenvalue weighted by Crippen LogP contribution is -2.49. The molecule has 0 amide bonds. The number of methoxy groups -OCH3 is 1. The molecule has 3 rings (SSSR count). The summed E-state index contributed by atoms with van der Waals surface area (Å²) in [4.78, 5) is 50.7. The van der Waals surface area contributed by atoms with E-state index in [9.17, 15) is 24.5 Å². The number of hydrogen-bond donors (Lipinski definition) is 0. The van der Waals surface area contributed by atoms with Crippen molar-refractivity contribution < 1.29 is 19.2 Å². The Hall–Kier alpha value is -3.67. The number of nitro benzene ring substituents is 1. The fourth-order valence-electron chi connectivity index (χ4n) is 3.72. The number of ether oxygens (including phenoxy) is 2. The molecule has 0 aliphatic carbocycles. The Balaban J connectivity index is 1.52. The molecule has 0 bridgehead atoms. The highest BCUT2D eigenvalue weighted by atomic mass is 16.6. The van der Waals surface area contributed by atoms with Crippen LogP contribution >= 0.6 is 0 Å². The van der Waals surface area contributed by atoms with E-state index in [-0.39, 0.29) is 28.2 Å². The quantitative estimate of drug-likeness (QED) is 0.237. The van der Waals surface area contributed by atoms with Gasteiger partial charge in [-0.2, -0.15) is 0 Å². The van der Waals surface area contributed by atoms with Gasteiger partial charge in [-0.3, -0.25) is 28.9 Å². The van der Waals surface area contributed by atoms with Gasteiger partial charge in [-0.25, -0.2) is 9.59 Å². The zero-order chi connectivity index (χ0) is 24.1. The van der Waals surface area contributed by atoms with Gasteiger partial charge in [-0.1, -0.05) is 0 Å².